The largest absolute Gasteiger partial charge is 0.467 e. The van der Waals surface area contributed by atoms with Crippen LogP contribution in [0.25, 0.3) is 0 Å². The van der Waals surface area contributed by atoms with Crippen molar-refractivity contribution in [1.29, 1.82) is 0 Å². The molecule has 122 valence electrons. The van der Waals surface area contributed by atoms with Gasteiger partial charge in [-0.1, -0.05) is 0 Å². The number of benzene rings is 1. The second kappa shape index (κ2) is 7.15. The fourth-order valence-electron chi connectivity index (χ4n) is 2.40. The lowest BCUT2D eigenvalue weighted by Crippen LogP contribution is -2.36. The molecule has 2 aromatic rings. The molecule has 1 aliphatic rings. The maximum absolute atomic E-state index is 14.2. The van der Waals surface area contributed by atoms with Crippen LogP contribution >= 0.6 is 0 Å². The third-order valence-corrected chi connectivity index (χ3v) is 3.56. The molecule has 0 aliphatic carbocycles. The van der Waals surface area contributed by atoms with Gasteiger partial charge < -0.3 is 24.7 Å². The number of hydrogen-bond donors (Lipinski definition) is 2. The van der Waals surface area contributed by atoms with Crippen LogP contribution in [-0.4, -0.2) is 32.3 Å². The average molecular weight is 319 g/mol. The molecule has 3 rings (SSSR count). The summed E-state index contributed by atoms with van der Waals surface area (Å²) in [4.78, 5) is 13.7. The highest BCUT2D eigenvalue weighted by Gasteiger charge is 2.15. The smallest absolute Gasteiger partial charge is 0.319 e. The lowest BCUT2D eigenvalue weighted by Gasteiger charge is -2.29. The van der Waals surface area contributed by atoms with Gasteiger partial charge in [-0.15, -0.1) is 0 Å². The number of hydrogen-bond acceptors (Lipinski definition) is 4. The Morgan fingerprint density at radius 2 is 2.09 bits per heavy atom. The Balaban J connectivity index is 1.57. The van der Waals surface area contributed by atoms with Crippen LogP contribution in [0.15, 0.2) is 41.0 Å². The van der Waals surface area contributed by atoms with Gasteiger partial charge in [0.15, 0.2) is 0 Å². The molecule has 1 saturated heterocycles. The molecule has 1 aromatic heterocycles. The van der Waals surface area contributed by atoms with Crippen molar-refractivity contribution >= 4 is 17.4 Å². The van der Waals surface area contributed by atoms with Crippen molar-refractivity contribution in [2.45, 2.75) is 6.54 Å². The zero-order valence-corrected chi connectivity index (χ0v) is 12.5. The van der Waals surface area contributed by atoms with Gasteiger partial charge in [-0.3, -0.25) is 0 Å². The van der Waals surface area contributed by atoms with Crippen LogP contribution in [0.2, 0.25) is 0 Å². The van der Waals surface area contributed by atoms with E-state index in [1.165, 1.54) is 12.3 Å². The molecule has 6 nitrogen and oxygen atoms in total. The molecular formula is C16H18FN3O3. The summed E-state index contributed by atoms with van der Waals surface area (Å²) in [6.45, 7) is 2.77. The van der Waals surface area contributed by atoms with Gasteiger partial charge >= 0.3 is 6.03 Å². The first-order valence-electron chi connectivity index (χ1n) is 7.42. The molecule has 0 bridgehead atoms. The summed E-state index contributed by atoms with van der Waals surface area (Å²) in [5.74, 6) is 0.282. The minimum Gasteiger partial charge on any atom is -0.467 e. The summed E-state index contributed by atoms with van der Waals surface area (Å²) < 4.78 is 24.6. The molecular weight excluding hydrogens is 301 g/mol. The highest BCUT2D eigenvalue weighted by Crippen LogP contribution is 2.23. The summed E-state index contributed by atoms with van der Waals surface area (Å²) in [5, 5.41) is 5.24. The standard InChI is InChI=1S/C16H18FN3O3/c17-14-10-12(3-4-15(14)20-5-8-22-9-6-20)19-16(21)18-11-13-2-1-7-23-13/h1-4,7,10H,5-6,8-9,11H2,(H2,18,19,21). The van der Waals surface area contributed by atoms with Crippen LogP contribution in [-0.2, 0) is 11.3 Å². The van der Waals surface area contributed by atoms with E-state index in [0.717, 1.165) is 0 Å². The fraction of sp³-hybridized carbons (Fsp3) is 0.312. The van der Waals surface area contributed by atoms with Crippen molar-refractivity contribution in [1.82, 2.24) is 5.32 Å². The van der Waals surface area contributed by atoms with Gasteiger partial charge in [-0.2, -0.15) is 0 Å². The van der Waals surface area contributed by atoms with Gasteiger partial charge in [-0.25, -0.2) is 9.18 Å². The Kier molecular flexibility index (Phi) is 4.77. The number of anilines is 2. The number of ether oxygens (including phenoxy) is 1. The van der Waals surface area contributed by atoms with E-state index >= 15 is 0 Å². The number of furan rings is 1. The number of carbonyl (C=O) groups is 1. The van der Waals surface area contributed by atoms with Crippen molar-refractivity contribution in [3.05, 3.63) is 48.2 Å². The zero-order valence-electron chi connectivity index (χ0n) is 12.5. The first kappa shape index (κ1) is 15.4. The quantitative estimate of drug-likeness (QED) is 0.909. The molecule has 2 heterocycles. The fourth-order valence-corrected chi connectivity index (χ4v) is 2.40. The molecule has 2 amide bonds. The monoisotopic (exact) mass is 319 g/mol. The third-order valence-electron chi connectivity index (χ3n) is 3.56. The first-order chi connectivity index (χ1) is 11.2. The van der Waals surface area contributed by atoms with E-state index in [9.17, 15) is 9.18 Å². The van der Waals surface area contributed by atoms with Crippen LogP contribution in [0.4, 0.5) is 20.6 Å². The predicted molar refractivity (Wildman–Crippen MR) is 84.0 cm³/mol. The van der Waals surface area contributed by atoms with Gasteiger partial charge in [0.2, 0.25) is 0 Å². The lowest BCUT2D eigenvalue weighted by atomic mass is 10.2. The highest BCUT2D eigenvalue weighted by molar-refractivity contribution is 5.89. The minimum atomic E-state index is -0.417. The van der Waals surface area contributed by atoms with Crippen molar-refractivity contribution in [2.75, 3.05) is 36.5 Å². The molecule has 0 radical (unpaired) electrons. The van der Waals surface area contributed by atoms with E-state index in [0.29, 0.717) is 43.4 Å². The number of urea groups is 1. The number of morpholine rings is 1. The number of halogens is 1. The van der Waals surface area contributed by atoms with Crippen LogP contribution in [0.3, 0.4) is 0 Å². The van der Waals surface area contributed by atoms with E-state index < -0.39 is 6.03 Å². The first-order valence-corrected chi connectivity index (χ1v) is 7.42. The van der Waals surface area contributed by atoms with Gasteiger partial charge in [-0.05, 0) is 30.3 Å². The van der Waals surface area contributed by atoms with Crippen molar-refractivity contribution in [2.24, 2.45) is 0 Å². The minimum absolute atomic E-state index is 0.271. The Labute approximate surface area is 133 Å². The zero-order chi connectivity index (χ0) is 16.1. The average Bonchev–Trinajstić information content (AvgIpc) is 3.07. The Morgan fingerprint density at radius 1 is 1.26 bits per heavy atom. The maximum Gasteiger partial charge on any atom is 0.319 e. The summed E-state index contributed by atoms with van der Waals surface area (Å²) in [7, 11) is 0. The van der Waals surface area contributed by atoms with Gasteiger partial charge in [0, 0.05) is 18.8 Å². The van der Waals surface area contributed by atoms with Crippen LogP contribution in [0.1, 0.15) is 5.76 Å². The Bertz CT molecular complexity index is 655. The number of carbonyl (C=O) groups excluding carboxylic acids is 1. The maximum atomic E-state index is 14.2. The second-order valence-electron chi connectivity index (χ2n) is 5.15. The van der Waals surface area contributed by atoms with E-state index in [-0.39, 0.29) is 12.4 Å². The molecule has 7 heteroatoms. The van der Waals surface area contributed by atoms with E-state index in [2.05, 4.69) is 10.6 Å². The van der Waals surface area contributed by atoms with Crippen molar-refractivity contribution in [3.63, 3.8) is 0 Å². The third kappa shape index (κ3) is 4.01. The molecule has 0 spiro atoms. The SMILES string of the molecule is O=C(NCc1ccco1)Nc1ccc(N2CCOCC2)c(F)c1. The normalized spacial score (nSPS) is 14.6. The summed E-state index contributed by atoms with van der Waals surface area (Å²) in [6.07, 6.45) is 1.54. The summed E-state index contributed by atoms with van der Waals surface area (Å²) in [5.41, 5.74) is 0.922. The van der Waals surface area contributed by atoms with Crippen LogP contribution < -0.4 is 15.5 Å². The van der Waals surface area contributed by atoms with Crippen molar-refractivity contribution < 1.29 is 18.3 Å². The highest BCUT2D eigenvalue weighted by atomic mass is 19.1. The lowest BCUT2D eigenvalue weighted by molar-refractivity contribution is 0.122. The summed E-state index contributed by atoms with van der Waals surface area (Å²) >= 11 is 0. The number of rotatable bonds is 4. The van der Waals surface area contributed by atoms with Crippen LogP contribution in [0.5, 0.6) is 0 Å². The molecule has 0 saturated carbocycles. The van der Waals surface area contributed by atoms with Gasteiger partial charge in [0.1, 0.15) is 11.6 Å². The van der Waals surface area contributed by atoms with Gasteiger partial charge in [0.25, 0.3) is 0 Å². The Hall–Kier alpha value is -2.54. The molecule has 0 unspecified atom stereocenters. The molecule has 1 aliphatic heterocycles. The van der Waals surface area contributed by atoms with Crippen molar-refractivity contribution in [3.8, 4) is 0 Å². The van der Waals surface area contributed by atoms with E-state index in [1.807, 2.05) is 4.90 Å². The molecule has 1 aromatic carbocycles. The van der Waals surface area contributed by atoms with E-state index in [1.54, 1.807) is 24.3 Å². The second-order valence-corrected chi connectivity index (χ2v) is 5.15. The van der Waals surface area contributed by atoms with Gasteiger partial charge in [0.05, 0.1) is 31.7 Å². The number of nitrogens with zero attached hydrogens (tertiary/aromatic N) is 1. The predicted octanol–water partition coefficient (Wildman–Crippen LogP) is 2.58. The number of amides is 2. The topological polar surface area (TPSA) is 66.7 Å². The Morgan fingerprint density at radius 3 is 2.78 bits per heavy atom. The number of nitrogens with one attached hydrogen (secondary N) is 2. The summed E-state index contributed by atoms with van der Waals surface area (Å²) in [6, 6.07) is 7.76. The molecule has 0 atom stereocenters. The molecule has 2 N–H and O–H groups in total. The van der Waals surface area contributed by atoms with Crippen LogP contribution in [0, 0.1) is 5.82 Å². The molecule has 23 heavy (non-hydrogen) atoms. The molecule has 1 fully saturated rings. The van der Waals surface area contributed by atoms with E-state index in [4.69, 9.17) is 9.15 Å².